The number of nitrogens with zero attached hydrogens (tertiary/aromatic N) is 3. The van der Waals surface area contributed by atoms with E-state index >= 15 is 0 Å². The molecule has 0 spiro atoms. The number of nitriles is 1. The lowest BCUT2D eigenvalue weighted by Gasteiger charge is -2.13. The number of imidazole rings is 1. The van der Waals surface area contributed by atoms with Gasteiger partial charge in [0.2, 0.25) is 0 Å². The normalized spacial score (nSPS) is 11.8. The summed E-state index contributed by atoms with van der Waals surface area (Å²) >= 11 is 0. The van der Waals surface area contributed by atoms with Crippen LogP contribution in [0.1, 0.15) is 24.4 Å². The third-order valence-electron chi connectivity index (χ3n) is 3.51. The maximum Gasteiger partial charge on any atom is 0.292 e. The molecule has 0 amide bonds. The van der Waals surface area contributed by atoms with Crippen LogP contribution < -0.4 is 5.32 Å². The third-order valence-corrected chi connectivity index (χ3v) is 3.51. The standard InChI is InChI=1S/C16H13N5O2/c1-10(16-19-12-4-2-3-5-13(12)20-16)18-14-8-11(9-17)6-7-15(14)21(22)23/h2-8,10,18H,1H3,(H,19,20). The highest BCUT2D eigenvalue weighted by molar-refractivity contribution is 5.75. The first kappa shape index (κ1) is 14.5. The largest absolute Gasteiger partial charge is 0.370 e. The average molecular weight is 307 g/mol. The van der Waals surface area contributed by atoms with Crippen LogP contribution in [0.5, 0.6) is 0 Å². The van der Waals surface area contributed by atoms with Gasteiger partial charge in [0.1, 0.15) is 11.5 Å². The van der Waals surface area contributed by atoms with Crippen LogP contribution in [-0.2, 0) is 0 Å². The Kier molecular flexibility index (Phi) is 3.65. The second-order valence-electron chi connectivity index (χ2n) is 5.11. The van der Waals surface area contributed by atoms with Crippen LogP contribution in [0.4, 0.5) is 11.4 Å². The van der Waals surface area contributed by atoms with Crippen molar-refractivity contribution >= 4 is 22.4 Å². The van der Waals surface area contributed by atoms with Crippen molar-refractivity contribution < 1.29 is 4.92 Å². The molecule has 23 heavy (non-hydrogen) atoms. The Morgan fingerprint density at radius 1 is 1.35 bits per heavy atom. The van der Waals surface area contributed by atoms with Crippen molar-refractivity contribution in [1.82, 2.24) is 9.97 Å². The van der Waals surface area contributed by atoms with Gasteiger partial charge in [-0.1, -0.05) is 12.1 Å². The molecule has 2 N–H and O–H groups in total. The van der Waals surface area contributed by atoms with Crippen LogP contribution in [0.15, 0.2) is 42.5 Å². The molecule has 0 fully saturated rings. The number of aromatic amines is 1. The predicted molar refractivity (Wildman–Crippen MR) is 85.9 cm³/mol. The summed E-state index contributed by atoms with van der Waals surface area (Å²) < 4.78 is 0. The number of hydrogen-bond acceptors (Lipinski definition) is 5. The van der Waals surface area contributed by atoms with E-state index in [-0.39, 0.29) is 11.7 Å². The summed E-state index contributed by atoms with van der Waals surface area (Å²) in [5, 5.41) is 23.2. The minimum Gasteiger partial charge on any atom is -0.370 e. The minimum atomic E-state index is -0.477. The van der Waals surface area contributed by atoms with Crippen molar-refractivity contribution in [3.05, 3.63) is 64.0 Å². The molecule has 1 heterocycles. The van der Waals surface area contributed by atoms with Gasteiger partial charge in [-0.2, -0.15) is 5.26 Å². The summed E-state index contributed by atoms with van der Waals surface area (Å²) in [4.78, 5) is 18.3. The first-order valence-corrected chi connectivity index (χ1v) is 6.98. The van der Waals surface area contributed by atoms with Crippen molar-refractivity contribution in [2.75, 3.05) is 5.32 Å². The van der Waals surface area contributed by atoms with Crippen molar-refractivity contribution in [3.8, 4) is 6.07 Å². The van der Waals surface area contributed by atoms with Gasteiger partial charge in [0.05, 0.1) is 33.6 Å². The van der Waals surface area contributed by atoms with E-state index in [4.69, 9.17) is 5.26 Å². The number of benzene rings is 2. The number of nitrogens with one attached hydrogen (secondary N) is 2. The molecule has 0 saturated carbocycles. The zero-order valence-electron chi connectivity index (χ0n) is 12.3. The van der Waals surface area contributed by atoms with E-state index in [2.05, 4.69) is 15.3 Å². The molecule has 2 aromatic carbocycles. The number of hydrogen-bond donors (Lipinski definition) is 2. The van der Waals surface area contributed by atoms with Crippen LogP contribution in [-0.4, -0.2) is 14.9 Å². The topological polar surface area (TPSA) is 108 Å². The quantitative estimate of drug-likeness (QED) is 0.566. The van der Waals surface area contributed by atoms with Crippen molar-refractivity contribution in [3.63, 3.8) is 0 Å². The predicted octanol–water partition coefficient (Wildman–Crippen LogP) is 3.52. The molecule has 1 atom stereocenters. The van der Waals surface area contributed by atoms with Crippen LogP contribution in [0.25, 0.3) is 11.0 Å². The van der Waals surface area contributed by atoms with Crippen molar-refractivity contribution in [1.29, 1.82) is 5.26 Å². The molecule has 1 unspecified atom stereocenters. The van der Waals surface area contributed by atoms with E-state index in [1.807, 2.05) is 37.3 Å². The summed E-state index contributed by atoms with van der Waals surface area (Å²) in [7, 11) is 0. The zero-order chi connectivity index (χ0) is 16.4. The first-order valence-electron chi connectivity index (χ1n) is 6.98. The lowest BCUT2D eigenvalue weighted by atomic mass is 10.1. The minimum absolute atomic E-state index is 0.0769. The summed E-state index contributed by atoms with van der Waals surface area (Å²) in [5.74, 6) is 0.669. The SMILES string of the molecule is CC(Nc1cc(C#N)ccc1[N+](=O)[O-])c1nc2ccccc2[nH]1. The first-order chi connectivity index (χ1) is 11.1. The molecule has 0 aliphatic carbocycles. The summed E-state index contributed by atoms with van der Waals surface area (Å²) in [5.41, 5.74) is 2.30. The lowest BCUT2D eigenvalue weighted by molar-refractivity contribution is -0.384. The molecule has 3 rings (SSSR count). The molecule has 7 nitrogen and oxygen atoms in total. The zero-order valence-corrected chi connectivity index (χ0v) is 12.3. The molecule has 114 valence electrons. The maximum atomic E-state index is 11.1. The lowest BCUT2D eigenvalue weighted by Crippen LogP contribution is -2.10. The van der Waals surface area contributed by atoms with Gasteiger partial charge in [-0.25, -0.2) is 4.98 Å². The highest BCUT2D eigenvalue weighted by atomic mass is 16.6. The summed E-state index contributed by atoms with van der Waals surface area (Å²) in [6.07, 6.45) is 0. The van der Waals surface area contributed by atoms with E-state index < -0.39 is 4.92 Å². The van der Waals surface area contributed by atoms with E-state index in [9.17, 15) is 10.1 Å². The molecule has 7 heteroatoms. The second kappa shape index (κ2) is 5.77. The number of fused-ring (bicyclic) bond motifs is 1. The van der Waals surface area contributed by atoms with Gasteiger partial charge >= 0.3 is 0 Å². The Morgan fingerprint density at radius 3 is 2.83 bits per heavy atom. The summed E-state index contributed by atoms with van der Waals surface area (Å²) in [6.45, 7) is 1.85. The van der Waals surface area contributed by atoms with Crippen molar-refractivity contribution in [2.45, 2.75) is 13.0 Å². The Hall–Kier alpha value is -3.40. The smallest absolute Gasteiger partial charge is 0.292 e. The molecule has 3 aromatic rings. The average Bonchev–Trinajstić information content (AvgIpc) is 2.98. The molecule has 0 bridgehead atoms. The Morgan fingerprint density at radius 2 is 2.13 bits per heavy atom. The number of H-pyrrole nitrogens is 1. The van der Waals surface area contributed by atoms with Gasteiger partial charge in [0.15, 0.2) is 0 Å². The van der Waals surface area contributed by atoms with Gasteiger partial charge in [-0.05, 0) is 31.2 Å². The molecule has 0 aliphatic rings. The van der Waals surface area contributed by atoms with Crippen LogP contribution in [0.2, 0.25) is 0 Å². The fourth-order valence-electron chi connectivity index (χ4n) is 2.36. The summed E-state index contributed by atoms with van der Waals surface area (Å²) in [6, 6.07) is 13.5. The maximum absolute atomic E-state index is 11.1. The number of nitro groups is 1. The van der Waals surface area contributed by atoms with Gasteiger partial charge in [0.25, 0.3) is 5.69 Å². The Labute approximate surface area is 131 Å². The fourth-order valence-corrected chi connectivity index (χ4v) is 2.36. The van der Waals surface area contributed by atoms with E-state index in [0.717, 1.165) is 11.0 Å². The van der Waals surface area contributed by atoms with Crippen LogP contribution in [0, 0.1) is 21.4 Å². The highest BCUT2D eigenvalue weighted by Gasteiger charge is 2.18. The molecule has 1 aromatic heterocycles. The van der Waals surface area contributed by atoms with Gasteiger partial charge < -0.3 is 10.3 Å². The molecule has 0 saturated heterocycles. The van der Waals surface area contributed by atoms with E-state index in [0.29, 0.717) is 17.1 Å². The number of para-hydroxylation sites is 2. The van der Waals surface area contributed by atoms with Gasteiger partial charge in [0, 0.05) is 6.07 Å². The highest BCUT2D eigenvalue weighted by Crippen LogP contribution is 2.29. The third kappa shape index (κ3) is 2.82. The fraction of sp³-hybridized carbons (Fsp3) is 0.125. The van der Waals surface area contributed by atoms with Crippen molar-refractivity contribution in [2.24, 2.45) is 0 Å². The number of nitro benzene ring substituents is 1. The Bertz CT molecular complexity index is 893. The van der Waals surface area contributed by atoms with E-state index in [1.54, 1.807) is 0 Å². The second-order valence-corrected chi connectivity index (χ2v) is 5.11. The molecule has 0 radical (unpaired) electrons. The number of rotatable bonds is 4. The molecule has 0 aliphatic heterocycles. The Balaban J connectivity index is 1.94. The van der Waals surface area contributed by atoms with Crippen LogP contribution >= 0.6 is 0 Å². The molecular weight excluding hydrogens is 294 g/mol. The van der Waals surface area contributed by atoms with Gasteiger partial charge in [-0.3, -0.25) is 10.1 Å². The van der Waals surface area contributed by atoms with Gasteiger partial charge in [-0.15, -0.1) is 0 Å². The van der Waals surface area contributed by atoms with Crippen LogP contribution in [0.3, 0.4) is 0 Å². The number of aromatic nitrogens is 2. The molecular formula is C16H13N5O2. The van der Waals surface area contributed by atoms with E-state index in [1.165, 1.54) is 18.2 Å². The number of anilines is 1. The monoisotopic (exact) mass is 307 g/mol.